The molecule has 0 unspecified atom stereocenters. The van der Waals surface area contributed by atoms with Gasteiger partial charge in [0.1, 0.15) is 29.7 Å². The summed E-state index contributed by atoms with van der Waals surface area (Å²) in [5.74, 6) is -1.69. The topological polar surface area (TPSA) is 113 Å². The summed E-state index contributed by atoms with van der Waals surface area (Å²) in [6, 6.07) is 9.39. The highest BCUT2D eigenvalue weighted by Gasteiger charge is 2.59. The number of benzene rings is 1. The van der Waals surface area contributed by atoms with Crippen molar-refractivity contribution in [2.45, 2.75) is 90.8 Å². The molecule has 2 fully saturated rings. The fourth-order valence-corrected chi connectivity index (χ4v) is 8.35. The number of hydrogen-bond acceptors (Lipinski definition) is 8. The Bertz CT molecular complexity index is 1500. The maximum atomic E-state index is 14.0. The Balaban J connectivity index is 1.46. The minimum Gasteiger partial charge on any atom is -0.489 e. The minimum absolute atomic E-state index is 0.00565. The number of cyclic esters (lactones) is 1. The molecule has 0 spiro atoms. The number of ether oxygens (including phenoxy) is 4. The lowest BCUT2D eigenvalue weighted by molar-refractivity contribution is -0.169. The van der Waals surface area contributed by atoms with Gasteiger partial charge in [-0.05, 0) is 58.2 Å². The van der Waals surface area contributed by atoms with E-state index >= 15 is 0 Å². The van der Waals surface area contributed by atoms with E-state index in [9.17, 15) is 14.4 Å². The number of aromatic nitrogens is 1. The fraction of sp³-hybridized carbons (Fsp3) is 0.588. The summed E-state index contributed by atoms with van der Waals surface area (Å²) in [7, 11) is 0. The van der Waals surface area contributed by atoms with Crippen LogP contribution in [0.1, 0.15) is 73.0 Å². The van der Waals surface area contributed by atoms with Crippen LogP contribution in [0.2, 0.25) is 0 Å². The second-order valence-electron chi connectivity index (χ2n) is 13.4. The zero-order valence-electron chi connectivity index (χ0n) is 26.0. The monoisotopic (exact) mass is 590 g/mol. The van der Waals surface area contributed by atoms with E-state index < -0.39 is 53.4 Å². The molecule has 1 aromatic carbocycles. The lowest BCUT2D eigenvalue weighted by Gasteiger charge is -2.44. The van der Waals surface area contributed by atoms with Crippen LogP contribution in [0, 0.1) is 29.6 Å². The lowest BCUT2D eigenvalue weighted by Crippen LogP contribution is -2.57. The number of rotatable bonds is 2. The molecule has 43 heavy (non-hydrogen) atoms. The van der Waals surface area contributed by atoms with Gasteiger partial charge in [0.2, 0.25) is 0 Å². The number of nitrogens with zero attached hydrogens (tertiary/aromatic N) is 1. The Labute approximate surface area is 252 Å². The molecular formula is C34H42N2O7. The van der Waals surface area contributed by atoms with E-state index in [0.29, 0.717) is 25.2 Å². The minimum atomic E-state index is -1.22. The van der Waals surface area contributed by atoms with Crippen LogP contribution in [0.5, 0.6) is 0 Å². The zero-order chi connectivity index (χ0) is 30.8. The second kappa shape index (κ2) is 10.6. The Hall–Kier alpha value is -3.46. The van der Waals surface area contributed by atoms with Crippen molar-refractivity contribution in [3.8, 4) is 0 Å². The number of carbonyl (C=O) groups is 3. The maximum absolute atomic E-state index is 14.0. The van der Waals surface area contributed by atoms with E-state index in [-0.39, 0.29) is 23.5 Å². The number of ketones is 1. The Morgan fingerprint density at radius 1 is 1.07 bits per heavy atom. The maximum Gasteiger partial charge on any atom is 0.408 e. The second-order valence-corrected chi connectivity index (χ2v) is 13.4. The lowest BCUT2D eigenvalue weighted by atomic mass is 9.68. The first-order valence-corrected chi connectivity index (χ1v) is 15.5. The molecule has 2 saturated heterocycles. The number of para-hydroxylation sites is 1. The molecule has 5 heterocycles. The molecule has 0 saturated carbocycles. The Morgan fingerprint density at radius 2 is 1.81 bits per heavy atom. The van der Waals surface area contributed by atoms with Crippen molar-refractivity contribution in [3.05, 3.63) is 53.4 Å². The predicted molar refractivity (Wildman–Crippen MR) is 159 cm³/mol. The van der Waals surface area contributed by atoms with E-state index in [1.807, 2.05) is 58.2 Å². The van der Waals surface area contributed by atoms with Gasteiger partial charge in [-0.2, -0.15) is 0 Å². The first kappa shape index (κ1) is 29.6. The van der Waals surface area contributed by atoms with Crippen LogP contribution < -0.4 is 5.32 Å². The van der Waals surface area contributed by atoms with Crippen molar-refractivity contribution in [1.29, 1.82) is 0 Å². The van der Waals surface area contributed by atoms with Gasteiger partial charge in [-0.25, -0.2) is 4.79 Å². The van der Waals surface area contributed by atoms with Crippen molar-refractivity contribution >= 4 is 28.7 Å². The quantitative estimate of drug-likeness (QED) is 0.445. The third-order valence-corrected chi connectivity index (χ3v) is 10.5. The van der Waals surface area contributed by atoms with Gasteiger partial charge in [0, 0.05) is 40.8 Å². The number of carbonyl (C=O) groups excluding carboxylic acids is 3. The molecular weight excluding hydrogens is 548 g/mol. The zero-order valence-corrected chi connectivity index (χ0v) is 26.0. The third kappa shape index (κ3) is 4.71. The molecule has 0 aliphatic carbocycles. The van der Waals surface area contributed by atoms with Crippen molar-refractivity contribution in [2.24, 2.45) is 29.6 Å². The van der Waals surface area contributed by atoms with Gasteiger partial charge in [-0.15, -0.1) is 0 Å². The number of fused-ring (bicyclic) bond motifs is 2. The van der Waals surface area contributed by atoms with Crippen molar-refractivity contribution in [3.63, 3.8) is 0 Å². The van der Waals surface area contributed by atoms with Crippen molar-refractivity contribution in [2.75, 3.05) is 6.61 Å². The number of alkyl carbamates (subject to hydrolysis) is 1. The number of pyridine rings is 1. The van der Waals surface area contributed by atoms with Crippen LogP contribution in [-0.2, 0) is 28.5 Å². The molecule has 2 bridgehead atoms. The van der Waals surface area contributed by atoms with Gasteiger partial charge >= 0.3 is 12.1 Å². The van der Waals surface area contributed by atoms with Gasteiger partial charge < -0.3 is 24.3 Å². The molecule has 9 heteroatoms. The van der Waals surface area contributed by atoms with E-state index in [2.05, 4.69) is 18.3 Å². The molecule has 1 N–H and O–H groups in total. The molecule has 230 valence electrons. The van der Waals surface area contributed by atoms with Gasteiger partial charge in [0.15, 0.2) is 5.60 Å². The van der Waals surface area contributed by atoms with Crippen LogP contribution in [0.25, 0.3) is 10.9 Å². The van der Waals surface area contributed by atoms with Gasteiger partial charge in [-0.1, -0.05) is 39.0 Å². The van der Waals surface area contributed by atoms with Crippen LogP contribution in [0.3, 0.4) is 0 Å². The van der Waals surface area contributed by atoms with Crippen molar-refractivity contribution < 1.29 is 33.3 Å². The van der Waals surface area contributed by atoms with E-state index in [1.165, 1.54) is 0 Å². The highest BCUT2D eigenvalue weighted by molar-refractivity contribution is 5.85. The molecule has 4 aliphatic rings. The normalized spacial score (nSPS) is 39.8. The molecule has 4 aliphatic heterocycles. The average molecular weight is 591 g/mol. The standard InChI is InChI=1S/C34H42N2O7/c1-8-25-34(7)30(36-32(39)43-34)19(4)27(37)17(2)14-33(6)26-18(3)28(20(5)31(38)41-25)42-29(23(26)16-40-33)22-13-21-11-9-10-12-24(21)35-15-22/h9-13,15,17,19-20,23,25-26,29-30H,8,14,16H2,1-7H3,(H,36,39)/t17-,19+,20-,23-,25-,26+,29-,30-,33-,34-/m1/s1. The summed E-state index contributed by atoms with van der Waals surface area (Å²) in [5, 5.41) is 3.85. The highest BCUT2D eigenvalue weighted by Crippen LogP contribution is 2.55. The summed E-state index contributed by atoms with van der Waals surface area (Å²) in [4.78, 5) is 45.1. The number of amides is 1. The molecule has 1 amide bonds. The molecule has 6 rings (SSSR count). The first-order valence-electron chi connectivity index (χ1n) is 15.5. The van der Waals surface area contributed by atoms with Gasteiger partial charge in [-0.3, -0.25) is 14.6 Å². The summed E-state index contributed by atoms with van der Waals surface area (Å²) >= 11 is 0. The summed E-state index contributed by atoms with van der Waals surface area (Å²) in [6.07, 6.45) is 0.946. The Kier molecular flexibility index (Phi) is 7.31. The smallest absolute Gasteiger partial charge is 0.408 e. The third-order valence-electron chi connectivity index (χ3n) is 10.5. The molecule has 9 nitrogen and oxygen atoms in total. The molecule has 10 atom stereocenters. The van der Waals surface area contributed by atoms with Crippen molar-refractivity contribution in [1.82, 2.24) is 10.3 Å². The van der Waals surface area contributed by atoms with Crippen LogP contribution in [-0.4, -0.2) is 52.8 Å². The average Bonchev–Trinajstić information content (AvgIpc) is 3.50. The number of esters is 1. The largest absolute Gasteiger partial charge is 0.489 e. The molecule has 1 aromatic heterocycles. The predicted octanol–water partition coefficient (Wildman–Crippen LogP) is 5.67. The summed E-state index contributed by atoms with van der Waals surface area (Å²) in [6.45, 7) is 13.7. The van der Waals surface area contributed by atoms with E-state index in [4.69, 9.17) is 23.9 Å². The number of nitrogens with one attached hydrogen (secondary N) is 1. The number of Topliss-reactive ketones (excluding diaryl/α,β-unsaturated/α-hetero) is 1. The van der Waals surface area contributed by atoms with Gasteiger partial charge in [0.05, 0.1) is 23.8 Å². The molecule has 0 radical (unpaired) electrons. The summed E-state index contributed by atoms with van der Waals surface area (Å²) in [5.41, 5.74) is 0.842. The molecule has 2 aromatic rings. The Morgan fingerprint density at radius 3 is 2.56 bits per heavy atom. The fourth-order valence-electron chi connectivity index (χ4n) is 8.35. The van der Waals surface area contributed by atoms with Crippen LogP contribution in [0.4, 0.5) is 4.79 Å². The van der Waals surface area contributed by atoms with Crippen LogP contribution in [0.15, 0.2) is 47.9 Å². The number of hydrogen-bond donors (Lipinski definition) is 1. The summed E-state index contributed by atoms with van der Waals surface area (Å²) < 4.78 is 25.3. The SMILES string of the molecule is CC[C@H]1OC(=O)[C@H](C)C2=C(C)[C@H]3[C@@H](CO[C@]3(C)C[C@@H](C)C(=O)[C@H](C)[C@H]3NC(=O)O[C@@]31C)[C@@H](c1cnc3ccccc3c1)O2. The highest BCUT2D eigenvalue weighted by atomic mass is 16.6. The van der Waals surface area contributed by atoms with Gasteiger partial charge in [0.25, 0.3) is 0 Å². The first-order chi connectivity index (χ1) is 20.4. The van der Waals surface area contributed by atoms with E-state index in [0.717, 1.165) is 22.0 Å². The van der Waals surface area contributed by atoms with E-state index in [1.54, 1.807) is 13.8 Å². The van der Waals surface area contributed by atoms with Crippen LogP contribution >= 0.6 is 0 Å².